The largest absolute Gasteiger partial charge is 0.370 e. The second kappa shape index (κ2) is 5.09. The van der Waals surface area contributed by atoms with Gasteiger partial charge in [0.05, 0.1) is 11.5 Å². The SMILES string of the molecule is CCNc1ncnc(N2CCS(=O)(=O)CC2)c1C. The molecule has 2 heterocycles. The zero-order valence-electron chi connectivity index (χ0n) is 10.7. The minimum absolute atomic E-state index is 0.201. The first-order chi connectivity index (χ1) is 8.53. The highest BCUT2D eigenvalue weighted by Crippen LogP contribution is 2.23. The maximum atomic E-state index is 11.4. The molecule has 1 aliphatic rings. The van der Waals surface area contributed by atoms with Crippen molar-refractivity contribution in [2.45, 2.75) is 13.8 Å². The van der Waals surface area contributed by atoms with Crippen LogP contribution in [-0.2, 0) is 9.84 Å². The number of hydrogen-bond acceptors (Lipinski definition) is 6. The van der Waals surface area contributed by atoms with E-state index in [-0.39, 0.29) is 11.5 Å². The van der Waals surface area contributed by atoms with E-state index >= 15 is 0 Å². The van der Waals surface area contributed by atoms with Gasteiger partial charge in [-0.2, -0.15) is 0 Å². The fourth-order valence-corrected chi connectivity index (χ4v) is 3.23. The van der Waals surface area contributed by atoms with E-state index in [0.717, 1.165) is 23.7 Å². The van der Waals surface area contributed by atoms with Crippen molar-refractivity contribution in [2.24, 2.45) is 0 Å². The number of sulfone groups is 1. The van der Waals surface area contributed by atoms with Gasteiger partial charge in [-0.1, -0.05) is 0 Å². The third-order valence-electron chi connectivity index (χ3n) is 3.05. The molecule has 18 heavy (non-hydrogen) atoms. The molecule has 1 N–H and O–H groups in total. The van der Waals surface area contributed by atoms with Crippen LogP contribution in [0, 0.1) is 6.92 Å². The Kier molecular flexibility index (Phi) is 3.70. The highest BCUT2D eigenvalue weighted by Gasteiger charge is 2.24. The smallest absolute Gasteiger partial charge is 0.153 e. The predicted octanol–water partition coefficient (Wildman–Crippen LogP) is 0.452. The van der Waals surface area contributed by atoms with Crippen LogP contribution in [0.3, 0.4) is 0 Å². The zero-order valence-corrected chi connectivity index (χ0v) is 11.5. The van der Waals surface area contributed by atoms with Crippen molar-refractivity contribution >= 4 is 21.5 Å². The second-order valence-corrected chi connectivity index (χ2v) is 6.64. The van der Waals surface area contributed by atoms with Crippen molar-refractivity contribution in [3.05, 3.63) is 11.9 Å². The number of nitrogens with zero attached hydrogens (tertiary/aromatic N) is 3. The van der Waals surface area contributed by atoms with Gasteiger partial charge in [-0.05, 0) is 13.8 Å². The second-order valence-electron chi connectivity index (χ2n) is 4.34. The van der Waals surface area contributed by atoms with Crippen LogP contribution in [0.25, 0.3) is 0 Å². The van der Waals surface area contributed by atoms with E-state index in [9.17, 15) is 8.42 Å². The van der Waals surface area contributed by atoms with Crippen LogP contribution in [-0.4, -0.2) is 49.5 Å². The number of rotatable bonds is 3. The molecule has 1 aromatic rings. The highest BCUT2D eigenvalue weighted by atomic mass is 32.2. The zero-order chi connectivity index (χ0) is 13.2. The number of anilines is 2. The van der Waals surface area contributed by atoms with E-state index < -0.39 is 9.84 Å². The van der Waals surface area contributed by atoms with Gasteiger partial charge < -0.3 is 10.2 Å². The molecule has 1 saturated heterocycles. The van der Waals surface area contributed by atoms with Gasteiger partial charge in [0.15, 0.2) is 9.84 Å². The summed E-state index contributed by atoms with van der Waals surface area (Å²) in [6, 6.07) is 0. The van der Waals surface area contributed by atoms with Crippen LogP contribution < -0.4 is 10.2 Å². The van der Waals surface area contributed by atoms with Gasteiger partial charge in [0.1, 0.15) is 18.0 Å². The van der Waals surface area contributed by atoms with Crippen molar-refractivity contribution < 1.29 is 8.42 Å². The minimum atomic E-state index is -2.86. The van der Waals surface area contributed by atoms with Crippen LogP contribution in [0.1, 0.15) is 12.5 Å². The average Bonchev–Trinajstić information content (AvgIpc) is 2.33. The number of nitrogens with one attached hydrogen (secondary N) is 1. The molecule has 0 unspecified atom stereocenters. The molecule has 0 radical (unpaired) electrons. The molecular weight excluding hydrogens is 252 g/mol. The quantitative estimate of drug-likeness (QED) is 0.859. The Labute approximate surface area is 107 Å². The first-order valence-corrected chi connectivity index (χ1v) is 7.86. The standard InChI is InChI=1S/C11H18N4O2S/c1-3-12-10-9(2)11(14-8-13-10)15-4-6-18(16,17)7-5-15/h8H,3-7H2,1-2H3,(H,12,13,14). The summed E-state index contributed by atoms with van der Waals surface area (Å²) in [6.07, 6.45) is 1.52. The van der Waals surface area contributed by atoms with Crippen LogP contribution in [0.5, 0.6) is 0 Å². The lowest BCUT2D eigenvalue weighted by molar-refractivity contribution is 0.586. The summed E-state index contributed by atoms with van der Waals surface area (Å²) in [6.45, 7) is 5.77. The Bertz CT molecular complexity index is 516. The first-order valence-electron chi connectivity index (χ1n) is 6.04. The number of aromatic nitrogens is 2. The molecule has 2 rings (SSSR count). The first kappa shape index (κ1) is 13.1. The lowest BCUT2D eigenvalue weighted by Gasteiger charge is -2.29. The van der Waals surface area contributed by atoms with Crippen LogP contribution in [0.2, 0.25) is 0 Å². The van der Waals surface area contributed by atoms with Gasteiger partial charge in [0, 0.05) is 25.2 Å². The van der Waals surface area contributed by atoms with Crippen LogP contribution >= 0.6 is 0 Å². The molecule has 0 saturated carbocycles. The number of hydrogen-bond donors (Lipinski definition) is 1. The molecule has 0 amide bonds. The van der Waals surface area contributed by atoms with Crippen molar-refractivity contribution in [3.8, 4) is 0 Å². The Balaban J connectivity index is 2.21. The van der Waals surface area contributed by atoms with Gasteiger partial charge in [-0.15, -0.1) is 0 Å². The maximum Gasteiger partial charge on any atom is 0.153 e. The third-order valence-corrected chi connectivity index (χ3v) is 4.65. The van der Waals surface area contributed by atoms with E-state index in [4.69, 9.17) is 0 Å². The van der Waals surface area contributed by atoms with Crippen molar-refractivity contribution in [3.63, 3.8) is 0 Å². The van der Waals surface area contributed by atoms with Gasteiger partial charge in [-0.3, -0.25) is 0 Å². The van der Waals surface area contributed by atoms with Crippen molar-refractivity contribution in [2.75, 3.05) is 41.4 Å². The molecular formula is C11H18N4O2S. The van der Waals surface area contributed by atoms with E-state index in [1.165, 1.54) is 6.33 Å². The lowest BCUT2D eigenvalue weighted by atomic mass is 10.3. The molecule has 7 heteroatoms. The summed E-state index contributed by atoms with van der Waals surface area (Å²) >= 11 is 0. The van der Waals surface area contributed by atoms with Crippen LogP contribution in [0.15, 0.2) is 6.33 Å². The van der Waals surface area contributed by atoms with E-state index in [1.54, 1.807) is 0 Å². The minimum Gasteiger partial charge on any atom is -0.370 e. The average molecular weight is 270 g/mol. The summed E-state index contributed by atoms with van der Waals surface area (Å²) in [4.78, 5) is 10.5. The maximum absolute atomic E-state index is 11.4. The molecule has 0 spiro atoms. The fourth-order valence-electron chi connectivity index (χ4n) is 2.03. The molecule has 1 aliphatic heterocycles. The monoisotopic (exact) mass is 270 g/mol. The van der Waals surface area contributed by atoms with E-state index in [2.05, 4.69) is 15.3 Å². The Morgan fingerprint density at radius 3 is 2.61 bits per heavy atom. The summed E-state index contributed by atoms with van der Waals surface area (Å²) in [5.74, 6) is 2.05. The molecule has 1 fully saturated rings. The summed E-state index contributed by atoms with van der Waals surface area (Å²) < 4.78 is 22.8. The molecule has 100 valence electrons. The molecule has 0 atom stereocenters. The van der Waals surface area contributed by atoms with Crippen molar-refractivity contribution in [1.29, 1.82) is 0 Å². The predicted molar refractivity (Wildman–Crippen MR) is 71.8 cm³/mol. The molecule has 0 aromatic carbocycles. The topological polar surface area (TPSA) is 75.2 Å². The highest BCUT2D eigenvalue weighted by molar-refractivity contribution is 7.91. The fraction of sp³-hybridized carbons (Fsp3) is 0.636. The summed E-state index contributed by atoms with van der Waals surface area (Å²) in [7, 11) is -2.86. The van der Waals surface area contributed by atoms with Crippen molar-refractivity contribution in [1.82, 2.24) is 9.97 Å². The van der Waals surface area contributed by atoms with Gasteiger partial charge in [0.25, 0.3) is 0 Å². The van der Waals surface area contributed by atoms with E-state index in [0.29, 0.717) is 13.1 Å². The lowest BCUT2D eigenvalue weighted by Crippen LogP contribution is -2.41. The van der Waals surface area contributed by atoms with Gasteiger partial charge in [-0.25, -0.2) is 18.4 Å². The van der Waals surface area contributed by atoms with E-state index in [1.807, 2.05) is 18.7 Å². The van der Waals surface area contributed by atoms with Gasteiger partial charge >= 0.3 is 0 Å². The third kappa shape index (κ3) is 2.72. The molecule has 1 aromatic heterocycles. The molecule has 0 aliphatic carbocycles. The Morgan fingerprint density at radius 2 is 2.00 bits per heavy atom. The normalized spacial score (nSPS) is 18.7. The Hall–Kier alpha value is -1.37. The molecule has 0 bridgehead atoms. The molecule has 6 nitrogen and oxygen atoms in total. The summed E-state index contributed by atoms with van der Waals surface area (Å²) in [5.41, 5.74) is 0.971. The Morgan fingerprint density at radius 1 is 1.33 bits per heavy atom. The van der Waals surface area contributed by atoms with Crippen LogP contribution in [0.4, 0.5) is 11.6 Å². The summed E-state index contributed by atoms with van der Waals surface area (Å²) in [5, 5.41) is 3.18. The van der Waals surface area contributed by atoms with Gasteiger partial charge in [0.2, 0.25) is 0 Å².